The van der Waals surface area contributed by atoms with E-state index in [-0.39, 0.29) is 12.1 Å². The fourth-order valence-electron chi connectivity index (χ4n) is 2.13. The summed E-state index contributed by atoms with van der Waals surface area (Å²) in [4.78, 5) is 15.8. The molecule has 2 rings (SSSR count). The lowest BCUT2D eigenvalue weighted by molar-refractivity contribution is 0.0465. The largest absolute Gasteiger partial charge is 0.444 e. The van der Waals surface area contributed by atoms with Crippen molar-refractivity contribution in [1.82, 2.24) is 15.6 Å². The van der Waals surface area contributed by atoms with Crippen molar-refractivity contribution < 1.29 is 9.53 Å². The maximum absolute atomic E-state index is 11.6. The van der Waals surface area contributed by atoms with Gasteiger partial charge in [0.15, 0.2) is 0 Å². The molecule has 1 fully saturated rings. The van der Waals surface area contributed by atoms with E-state index in [9.17, 15) is 4.79 Å². The van der Waals surface area contributed by atoms with E-state index in [0.717, 1.165) is 25.1 Å². The molecule has 2 N–H and O–H groups in total. The van der Waals surface area contributed by atoms with Gasteiger partial charge in [-0.05, 0) is 45.7 Å². The Kier molecular flexibility index (Phi) is 4.60. The van der Waals surface area contributed by atoms with E-state index in [1.165, 1.54) is 0 Å². The zero-order chi connectivity index (χ0) is 14.6. The molecule has 1 aromatic heterocycles. The third kappa shape index (κ3) is 4.81. The maximum atomic E-state index is 11.6. The molecule has 20 heavy (non-hydrogen) atoms. The van der Waals surface area contributed by atoms with Gasteiger partial charge >= 0.3 is 6.09 Å². The van der Waals surface area contributed by atoms with Crippen LogP contribution < -0.4 is 10.6 Å². The number of amides is 1. The summed E-state index contributed by atoms with van der Waals surface area (Å²) in [6.07, 6.45) is 3.34. The van der Waals surface area contributed by atoms with Crippen molar-refractivity contribution in [3.8, 4) is 0 Å². The Morgan fingerprint density at radius 1 is 1.35 bits per heavy atom. The van der Waals surface area contributed by atoms with Crippen molar-refractivity contribution >= 4 is 6.09 Å². The van der Waals surface area contributed by atoms with Crippen LogP contribution in [0.3, 0.4) is 0 Å². The average molecular weight is 277 g/mol. The predicted octanol–water partition coefficient (Wildman–Crippen LogP) is 2.23. The van der Waals surface area contributed by atoms with E-state index in [2.05, 4.69) is 15.6 Å². The first kappa shape index (κ1) is 14.8. The highest BCUT2D eigenvalue weighted by molar-refractivity contribution is 5.68. The van der Waals surface area contributed by atoms with E-state index in [0.29, 0.717) is 6.04 Å². The van der Waals surface area contributed by atoms with Crippen molar-refractivity contribution in [2.45, 2.75) is 57.8 Å². The molecule has 1 aliphatic carbocycles. The van der Waals surface area contributed by atoms with E-state index in [1.54, 1.807) is 6.20 Å². The number of aromatic nitrogens is 1. The molecule has 0 radical (unpaired) electrons. The van der Waals surface area contributed by atoms with E-state index in [1.807, 2.05) is 39.0 Å². The minimum Gasteiger partial charge on any atom is -0.444 e. The molecule has 1 aliphatic rings. The summed E-state index contributed by atoms with van der Waals surface area (Å²) in [5, 5.41) is 6.32. The second kappa shape index (κ2) is 6.22. The summed E-state index contributed by atoms with van der Waals surface area (Å²) in [5.74, 6) is 0. The van der Waals surface area contributed by atoms with Crippen molar-refractivity contribution in [2.24, 2.45) is 0 Å². The Labute approximate surface area is 120 Å². The molecule has 0 saturated heterocycles. The van der Waals surface area contributed by atoms with Crippen LogP contribution in [-0.4, -0.2) is 28.8 Å². The van der Waals surface area contributed by atoms with Gasteiger partial charge in [0.1, 0.15) is 5.60 Å². The van der Waals surface area contributed by atoms with E-state index < -0.39 is 5.60 Å². The monoisotopic (exact) mass is 277 g/mol. The van der Waals surface area contributed by atoms with Gasteiger partial charge in [0.05, 0.1) is 5.69 Å². The fourth-order valence-corrected chi connectivity index (χ4v) is 2.13. The first-order valence-corrected chi connectivity index (χ1v) is 7.05. The summed E-state index contributed by atoms with van der Waals surface area (Å²) >= 11 is 0. The fraction of sp³-hybridized carbons (Fsp3) is 0.600. The number of nitrogens with zero attached hydrogens (tertiary/aromatic N) is 1. The van der Waals surface area contributed by atoms with Crippen LogP contribution in [0.2, 0.25) is 0 Å². The number of rotatable bonds is 4. The minimum atomic E-state index is -0.440. The number of ether oxygens (including phenoxy) is 1. The van der Waals surface area contributed by atoms with Crippen LogP contribution in [0.15, 0.2) is 24.4 Å². The third-order valence-corrected chi connectivity index (χ3v) is 3.16. The van der Waals surface area contributed by atoms with Crippen molar-refractivity contribution in [2.75, 3.05) is 0 Å². The molecule has 1 amide bonds. The second-order valence-electron chi connectivity index (χ2n) is 6.21. The molecule has 0 bridgehead atoms. The Morgan fingerprint density at radius 3 is 2.70 bits per heavy atom. The number of carbonyl (C=O) groups excluding carboxylic acids is 1. The first-order chi connectivity index (χ1) is 9.42. The number of carbonyl (C=O) groups is 1. The Morgan fingerprint density at radius 2 is 2.10 bits per heavy atom. The highest BCUT2D eigenvalue weighted by Gasteiger charge is 2.31. The molecule has 0 aliphatic heterocycles. The summed E-state index contributed by atoms with van der Waals surface area (Å²) < 4.78 is 5.23. The van der Waals surface area contributed by atoms with Crippen LogP contribution in [0, 0.1) is 0 Å². The molecule has 1 saturated carbocycles. The molecule has 0 unspecified atom stereocenters. The summed E-state index contributed by atoms with van der Waals surface area (Å²) in [6.45, 7) is 6.37. The molecule has 1 aromatic rings. The average Bonchev–Trinajstić information content (AvgIpc) is 2.31. The van der Waals surface area contributed by atoms with Gasteiger partial charge in [-0.1, -0.05) is 6.07 Å². The van der Waals surface area contributed by atoms with Crippen molar-refractivity contribution in [3.05, 3.63) is 30.1 Å². The van der Waals surface area contributed by atoms with Gasteiger partial charge in [-0.3, -0.25) is 4.98 Å². The Hall–Kier alpha value is -1.62. The first-order valence-electron chi connectivity index (χ1n) is 7.05. The molecule has 5 nitrogen and oxygen atoms in total. The van der Waals surface area contributed by atoms with Gasteiger partial charge in [-0.25, -0.2) is 4.79 Å². The van der Waals surface area contributed by atoms with Gasteiger partial charge < -0.3 is 15.4 Å². The van der Waals surface area contributed by atoms with Crippen LogP contribution in [0.1, 0.15) is 39.3 Å². The van der Waals surface area contributed by atoms with Gasteiger partial charge in [0.2, 0.25) is 0 Å². The van der Waals surface area contributed by atoms with Gasteiger partial charge in [-0.2, -0.15) is 0 Å². The normalized spacial score (nSPS) is 21.9. The minimum absolute atomic E-state index is 0.214. The topological polar surface area (TPSA) is 63.2 Å². The molecule has 0 aromatic carbocycles. The van der Waals surface area contributed by atoms with Crippen LogP contribution in [0.4, 0.5) is 4.79 Å². The highest BCUT2D eigenvalue weighted by Crippen LogP contribution is 2.21. The second-order valence-corrected chi connectivity index (χ2v) is 6.21. The standard InChI is InChI=1S/C15H23N3O2/c1-15(2,3)20-14(19)18-13-8-12(9-13)17-10-11-6-4-5-7-16-11/h4-7,12-13,17H,8-10H2,1-3H3,(H,18,19). The van der Waals surface area contributed by atoms with Crippen LogP contribution in [0.5, 0.6) is 0 Å². The highest BCUT2D eigenvalue weighted by atomic mass is 16.6. The lowest BCUT2D eigenvalue weighted by atomic mass is 9.87. The Bertz CT molecular complexity index is 436. The molecule has 110 valence electrons. The van der Waals surface area contributed by atoms with E-state index in [4.69, 9.17) is 4.74 Å². The van der Waals surface area contributed by atoms with Crippen LogP contribution >= 0.6 is 0 Å². The summed E-state index contributed by atoms with van der Waals surface area (Å²) in [6, 6.07) is 6.55. The predicted molar refractivity (Wildman–Crippen MR) is 77.3 cm³/mol. The number of hydrogen-bond donors (Lipinski definition) is 2. The molecule has 5 heteroatoms. The third-order valence-electron chi connectivity index (χ3n) is 3.16. The van der Waals surface area contributed by atoms with Crippen LogP contribution in [0.25, 0.3) is 0 Å². The quantitative estimate of drug-likeness (QED) is 0.886. The number of pyridine rings is 1. The molecule has 1 heterocycles. The van der Waals surface area contributed by atoms with Crippen LogP contribution in [-0.2, 0) is 11.3 Å². The zero-order valence-electron chi connectivity index (χ0n) is 12.3. The Balaban J connectivity index is 1.62. The van der Waals surface area contributed by atoms with Gasteiger partial charge in [0.25, 0.3) is 0 Å². The van der Waals surface area contributed by atoms with Crippen molar-refractivity contribution in [1.29, 1.82) is 0 Å². The lowest BCUT2D eigenvalue weighted by Crippen LogP contribution is -2.53. The van der Waals surface area contributed by atoms with Gasteiger partial charge in [0, 0.05) is 24.8 Å². The maximum Gasteiger partial charge on any atom is 0.407 e. The summed E-state index contributed by atoms with van der Waals surface area (Å²) in [5.41, 5.74) is 0.598. The number of nitrogens with one attached hydrogen (secondary N) is 2. The lowest BCUT2D eigenvalue weighted by Gasteiger charge is -2.36. The molecule has 0 atom stereocenters. The molecule has 0 spiro atoms. The van der Waals surface area contributed by atoms with E-state index >= 15 is 0 Å². The zero-order valence-corrected chi connectivity index (χ0v) is 12.3. The number of hydrogen-bond acceptors (Lipinski definition) is 4. The van der Waals surface area contributed by atoms with Crippen molar-refractivity contribution in [3.63, 3.8) is 0 Å². The molecular formula is C15H23N3O2. The summed E-state index contributed by atoms with van der Waals surface area (Å²) in [7, 11) is 0. The number of alkyl carbamates (subject to hydrolysis) is 1. The molecular weight excluding hydrogens is 254 g/mol. The smallest absolute Gasteiger partial charge is 0.407 e. The van der Waals surface area contributed by atoms with Gasteiger partial charge in [-0.15, -0.1) is 0 Å². The SMILES string of the molecule is CC(C)(C)OC(=O)NC1CC(NCc2ccccn2)C1.